The van der Waals surface area contributed by atoms with Crippen LogP contribution in [0.15, 0.2) is 18.2 Å². The van der Waals surface area contributed by atoms with Gasteiger partial charge >= 0.3 is 6.03 Å². The number of carbonyl (C=O) groups is 1. The maximum absolute atomic E-state index is 13.2. The molecule has 116 valence electrons. The van der Waals surface area contributed by atoms with Crippen molar-refractivity contribution in [3.05, 3.63) is 29.6 Å². The lowest BCUT2D eigenvalue weighted by Gasteiger charge is -2.14. The van der Waals surface area contributed by atoms with Crippen molar-refractivity contribution >= 4 is 11.7 Å². The van der Waals surface area contributed by atoms with Gasteiger partial charge in [-0.25, -0.2) is 9.18 Å². The normalized spacial score (nSPS) is 15.1. The number of nitrogens with one attached hydrogen (secondary N) is 2. The van der Waals surface area contributed by atoms with E-state index in [1.807, 2.05) is 0 Å². The molecule has 1 aliphatic rings. The predicted molar refractivity (Wildman–Crippen MR) is 83.1 cm³/mol. The highest BCUT2D eigenvalue weighted by Crippen LogP contribution is 2.13. The highest BCUT2D eigenvalue weighted by molar-refractivity contribution is 5.89. The minimum Gasteiger partial charge on any atom is -0.338 e. The Kier molecular flexibility index (Phi) is 5.99. The van der Waals surface area contributed by atoms with Gasteiger partial charge in [-0.05, 0) is 76.0 Å². The molecule has 0 bridgehead atoms. The zero-order valence-corrected chi connectivity index (χ0v) is 12.6. The molecule has 4 nitrogen and oxygen atoms in total. The lowest BCUT2D eigenvalue weighted by Crippen LogP contribution is -2.30. The predicted octanol–water partition coefficient (Wildman–Crippen LogP) is 3.13. The summed E-state index contributed by atoms with van der Waals surface area (Å²) in [5.41, 5.74) is 1.28. The number of carbonyl (C=O) groups excluding carboxylic acids is 1. The van der Waals surface area contributed by atoms with Gasteiger partial charge in [0.25, 0.3) is 0 Å². The van der Waals surface area contributed by atoms with Crippen LogP contribution in [0.5, 0.6) is 0 Å². The zero-order chi connectivity index (χ0) is 15.1. The molecule has 0 atom stereocenters. The van der Waals surface area contributed by atoms with Crippen molar-refractivity contribution in [3.63, 3.8) is 0 Å². The Morgan fingerprint density at radius 3 is 2.71 bits per heavy atom. The molecule has 1 aliphatic heterocycles. The lowest BCUT2D eigenvalue weighted by atomic mass is 10.2. The van der Waals surface area contributed by atoms with Crippen molar-refractivity contribution in [1.82, 2.24) is 10.2 Å². The largest absolute Gasteiger partial charge is 0.338 e. The molecule has 0 saturated carbocycles. The number of halogens is 1. The fourth-order valence-electron chi connectivity index (χ4n) is 2.65. The fourth-order valence-corrected chi connectivity index (χ4v) is 2.65. The molecule has 1 fully saturated rings. The Morgan fingerprint density at radius 2 is 2.00 bits per heavy atom. The van der Waals surface area contributed by atoms with Crippen molar-refractivity contribution in [2.75, 3.05) is 31.5 Å². The van der Waals surface area contributed by atoms with E-state index in [0.29, 0.717) is 12.2 Å². The maximum Gasteiger partial charge on any atom is 0.319 e. The first-order chi connectivity index (χ1) is 10.1. The molecule has 0 aliphatic carbocycles. The summed E-state index contributed by atoms with van der Waals surface area (Å²) >= 11 is 0. The van der Waals surface area contributed by atoms with Crippen LogP contribution >= 0.6 is 0 Å². The Balaban J connectivity index is 1.60. The van der Waals surface area contributed by atoms with E-state index in [9.17, 15) is 9.18 Å². The number of rotatable bonds is 6. The molecule has 1 aromatic carbocycles. The summed E-state index contributed by atoms with van der Waals surface area (Å²) in [6.45, 7) is 5.99. The summed E-state index contributed by atoms with van der Waals surface area (Å²) in [4.78, 5) is 14.2. The van der Waals surface area contributed by atoms with Gasteiger partial charge in [-0.15, -0.1) is 0 Å². The van der Waals surface area contributed by atoms with Crippen LogP contribution in [0.25, 0.3) is 0 Å². The first kappa shape index (κ1) is 15.8. The first-order valence-corrected chi connectivity index (χ1v) is 7.68. The van der Waals surface area contributed by atoms with Gasteiger partial charge in [0.2, 0.25) is 0 Å². The van der Waals surface area contributed by atoms with Crippen LogP contribution in [-0.2, 0) is 0 Å². The molecule has 0 aromatic heterocycles. The summed E-state index contributed by atoms with van der Waals surface area (Å²) in [7, 11) is 0. The molecule has 5 heteroatoms. The maximum atomic E-state index is 13.2. The average Bonchev–Trinajstić information content (AvgIpc) is 2.90. The Morgan fingerprint density at radius 1 is 1.24 bits per heavy atom. The van der Waals surface area contributed by atoms with Crippen LogP contribution in [0.2, 0.25) is 0 Å². The van der Waals surface area contributed by atoms with Crippen LogP contribution in [0.4, 0.5) is 14.9 Å². The molecule has 21 heavy (non-hydrogen) atoms. The van der Waals surface area contributed by atoms with Crippen LogP contribution in [0.3, 0.4) is 0 Å². The second kappa shape index (κ2) is 7.98. The second-order valence-electron chi connectivity index (χ2n) is 5.65. The number of anilines is 1. The second-order valence-corrected chi connectivity index (χ2v) is 5.65. The number of nitrogens with zero attached hydrogens (tertiary/aromatic N) is 1. The number of hydrogen-bond acceptors (Lipinski definition) is 2. The monoisotopic (exact) mass is 293 g/mol. The molecule has 1 aromatic rings. The minimum atomic E-state index is -0.337. The minimum absolute atomic E-state index is 0.277. The van der Waals surface area contributed by atoms with Gasteiger partial charge < -0.3 is 15.5 Å². The molecule has 2 N–H and O–H groups in total. The van der Waals surface area contributed by atoms with E-state index in [0.717, 1.165) is 24.9 Å². The number of likely N-dealkylation sites (tertiary alicyclic amines) is 1. The quantitative estimate of drug-likeness (QED) is 0.791. The van der Waals surface area contributed by atoms with Gasteiger partial charge in [0.1, 0.15) is 5.82 Å². The van der Waals surface area contributed by atoms with Crippen LogP contribution < -0.4 is 10.6 Å². The van der Waals surface area contributed by atoms with E-state index >= 15 is 0 Å². The molecule has 2 amide bonds. The smallest absolute Gasteiger partial charge is 0.319 e. The van der Waals surface area contributed by atoms with E-state index < -0.39 is 0 Å². The van der Waals surface area contributed by atoms with E-state index in [-0.39, 0.29) is 11.8 Å². The molecular weight excluding hydrogens is 269 g/mol. The Bertz CT molecular complexity index is 452. The highest BCUT2D eigenvalue weighted by Gasteiger charge is 2.10. The number of benzene rings is 1. The molecule has 2 rings (SSSR count). The van der Waals surface area contributed by atoms with E-state index in [2.05, 4.69) is 15.5 Å². The van der Waals surface area contributed by atoms with Gasteiger partial charge in [-0.1, -0.05) is 0 Å². The van der Waals surface area contributed by atoms with Crippen molar-refractivity contribution in [2.45, 2.75) is 32.6 Å². The van der Waals surface area contributed by atoms with E-state index in [1.165, 1.54) is 38.1 Å². The highest BCUT2D eigenvalue weighted by atomic mass is 19.1. The third kappa shape index (κ3) is 5.71. The van der Waals surface area contributed by atoms with Crippen molar-refractivity contribution in [2.24, 2.45) is 0 Å². The summed E-state index contributed by atoms with van der Waals surface area (Å²) in [5.74, 6) is -0.337. The fraction of sp³-hybridized carbons (Fsp3) is 0.562. The lowest BCUT2D eigenvalue weighted by molar-refractivity contribution is 0.251. The Hall–Kier alpha value is -1.62. The Labute approximate surface area is 125 Å². The molecule has 0 unspecified atom stereocenters. The first-order valence-electron chi connectivity index (χ1n) is 7.68. The molecule has 1 heterocycles. The number of unbranched alkanes of at least 4 members (excludes halogenated alkanes) is 1. The van der Waals surface area contributed by atoms with Crippen molar-refractivity contribution in [3.8, 4) is 0 Å². The number of aryl methyl sites for hydroxylation is 1. The summed E-state index contributed by atoms with van der Waals surface area (Å²) in [5, 5.41) is 5.46. The van der Waals surface area contributed by atoms with Crippen LogP contribution in [0, 0.1) is 12.7 Å². The third-order valence-electron chi connectivity index (χ3n) is 3.69. The zero-order valence-electron chi connectivity index (χ0n) is 12.6. The summed E-state index contributed by atoms with van der Waals surface area (Å²) in [6.07, 6.45) is 4.69. The van der Waals surface area contributed by atoms with Gasteiger partial charge in [0.05, 0.1) is 0 Å². The van der Waals surface area contributed by atoms with Gasteiger partial charge in [0.15, 0.2) is 0 Å². The van der Waals surface area contributed by atoms with Crippen LogP contribution in [-0.4, -0.2) is 37.1 Å². The number of amides is 2. The molecular formula is C16H24FN3O. The standard InChI is InChI=1S/C16H24FN3O/c1-13-10-14(17)12-15(11-13)19-16(21)18-6-2-3-7-20-8-4-5-9-20/h10-12H,2-9H2,1H3,(H2,18,19,21). The summed E-state index contributed by atoms with van der Waals surface area (Å²) in [6, 6.07) is 4.22. The van der Waals surface area contributed by atoms with Crippen LogP contribution in [0.1, 0.15) is 31.2 Å². The van der Waals surface area contributed by atoms with E-state index in [4.69, 9.17) is 0 Å². The average molecular weight is 293 g/mol. The molecule has 0 radical (unpaired) electrons. The van der Waals surface area contributed by atoms with Gasteiger partial charge in [-0.2, -0.15) is 0 Å². The third-order valence-corrected chi connectivity index (χ3v) is 3.69. The topological polar surface area (TPSA) is 44.4 Å². The van der Waals surface area contributed by atoms with E-state index in [1.54, 1.807) is 13.0 Å². The number of hydrogen-bond donors (Lipinski definition) is 2. The summed E-state index contributed by atoms with van der Waals surface area (Å²) < 4.78 is 13.2. The van der Waals surface area contributed by atoms with Crippen molar-refractivity contribution in [1.29, 1.82) is 0 Å². The molecule has 0 spiro atoms. The van der Waals surface area contributed by atoms with Crippen molar-refractivity contribution < 1.29 is 9.18 Å². The number of urea groups is 1. The van der Waals surface area contributed by atoms with Gasteiger partial charge in [-0.3, -0.25) is 0 Å². The SMILES string of the molecule is Cc1cc(F)cc(NC(=O)NCCCCN2CCCC2)c1. The molecule has 1 saturated heterocycles. The van der Waals surface area contributed by atoms with Gasteiger partial charge in [0, 0.05) is 12.2 Å².